The zero-order valence-corrected chi connectivity index (χ0v) is 18.5. The van der Waals surface area contributed by atoms with E-state index < -0.39 is 17.2 Å². The Morgan fingerprint density at radius 1 is 1.00 bits per heavy atom. The molecular formula is C24H18F2N2O4S. The van der Waals surface area contributed by atoms with Gasteiger partial charge in [-0.05, 0) is 42.5 Å². The highest BCUT2D eigenvalue weighted by Crippen LogP contribution is 2.29. The van der Waals surface area contributed by atoms with Gasteiger partial charge in [-0.15, -0.1) is 0 Å². The zero-order chi connectivity index (χ0) is 23.5. The van der Waals surface area contributed by atoms with Crippen molar-refractivity contribution >= 4 is 28.4 Å². The summed E-state index contributed by atoms with van der Waals surface area (Å²) in [5.41, 5.74) is 0.109. The van der Waals surface area contributed by atoms with Crippen molar-refractivity contribution in [3.05, 3.63) is 88.2 Å². The molecule has 1 heterocycles. The maximum Gasteiger partial charge on any atom is 0.266 e. The number of aromatic nitrogens is 2. The molecule has 0 fully saturated rings. The number of benzene rings is 3. The van der Waals surface area contributed by atoms with Crippen LogP contribution in [0.2, 0.25) is 0 Å². The number of ether oxygens (including phenoxy) is 2. The Bertz CT molecular complexity index is 1420. The second-order valence-corrected chi connectivity index (χ2v) is 7.87. The smallest absolute Gasteiger partial charge is 0.266 e. The number of nitrogens with zero attached hydrogens (tertiary/aromatic N) is 2. The van der Waals surface area contributed by atoms with Gasteiger partial charge in [0, 0.05) is 11.6 Å². The molecule has 0 radical (unpaired) electrons. The summed E-state index contributed by atoms with van der Waals surface area (Å²) in [6.45, 7) is 0. The minimum absolute atomic E-state index is 0.0803. The van der Waals surface area contributed by atoms with Gasteiger partial charge in [0.1, 0.15) is 11.6 Å². The predicted molar refractivity (Wildman–Crippen MR) is 122 cm³/mol. The Balaban J connectivity index is 1.74. The van der Waals surface area contributed by atoms with Crippen LogP contribution in [-0.4, -0.2) is 35.3 Å². The van der Waals surface area contributed by atoms with Crippen LogP contribution in [0.15, 0.2) is 70.6 Å². The highest BCUT2D eigenvalue weighted by molar-refractivity contribution is 7.99. The molecular weight excluding hydrogens is 450 g/mol. The van der Waals surface area contributed by atoms with Gasteiger partial charge in [-0.1, -0.05) is 23.9 Å². The van der Waals surface area contributed by atoms with Gasteiger partial charge in [0.2, 0.25) is 0 Å². The van der Waals surface area contributed by atoms with E-state index in [0.717, 1.165) is 22.4 Å². The Labute approximate surface area is 191 Å². The van der Waals surface area contributed by atoms with Crippen molar-refractivity contribution < 1.29 is 23.0 Å². The molecule has 33 heavy (non-hydrogen) atoms. The van der Waals surface area contributed by atoms with E-state index in [1.54, 1.807) is 42.5 Å². The first kappa shape index (κ1) is 22.5. The van der Waals surface area contributed by atoms with Crippen molar-refractivity contribution in [2.24, 2.45) is 0 Å². The van der Waals surface area contributed by atoms with Gasteiger partial charge >= 0.3 is 0 Å². The lowest BCUT2D eigenvalue weighted by Crippen LogP contribution is -2.23. The standard InChI is InChI=1S/C24H18F2N2O4S/c1-31-21-10-7-14(11-22(21)32-2)20(29)13-33-24-27-18-6-4-3-5-16(18)23(30)28(24)19-9-8-15(25)12-17(19)26/h3-12H,13H2,1-2H3. The first-order valence-electron chi connectivity index (χ1n) is 9.78. The number of Topliss-reactive ketones (excluding diaryl/α,β-unsaturated/α-hetero) is 1. The first-order chi connectivity index (χ1) is 15.9. The fraction of sp³-hybridized carbons (Fsp3) is 0.125. The summed E-state index contributed by atoms with van der Waals surface area (Å²) in [5, 5.41) is 0.384. The second kappa shape index (κ2) is 9.41. The number of para-hydroxylation sites is 1. The Hall–Kier alpha value is -3.72. The van der Waals surface area contributed by atoms with Gasteiger partial charge in [0.15, 0.2) is 22.4 Å². The van der Waals surface area contributed by atoms with Crippen LogP contribution < -0.4 is 15.0 Å². The van der Waals surface area contributed by atoms with Crippen LogP contribution >= 0.6 is 11.8 Å². The minimum Gasteiger partial charge on any atom is -0.493 e. The minimum atomic E-state index is -0.915. The molecule has 9 heteroatoms. The molecule has 0 spiro atoms. The fourth-order valence-corrected chi connectivity index (χ4v) is 4.21. The molecule has 6 nitrogen and oxygen atoms in total. The van der Waals surface area contributed by atoms with Gasteiger partial charge in [0.05, 0.1) is 36.6 Å². The molecule has 0 amide bonds. The lowest BCUT2D eigenvalue weighted by atomic mass is 10.1. The van der Waals surface area contributed by atoms with E-state index >= 15 is 0 Å². The summed E-state index contributed by atoms with van der Waals surface area (Å²) in [6.07, 6.45) is 0. The summed E-state index contributed by atoms with van der Waals surface area (Å²) in [7, 11) is 2.96. The molecule has 4 aromatic rings. The second-order valence-electron chi connectivity index (χ2n) is 6.93. The maximum atomic E-state index is 14.6. The molecule has 0 saturated carbocycles. The number of hydrogen-bond donors (Lipinski definition) is 0. The molecule has 0 saturated heterocycles. The van der Waals surface area contributed by atoms with Gasteiger partial charge in [-0.2, -0.15) is 0 Å². The van der Waals surface area contributed by atoms with Crippen molar-refractivity contribution in [2.45, 2.75) is 5.16 Å². The largest absolute Gasteiger partial charge is 0.493 e. The summed E-state index contributed by atoms with van der Waals surface area (Å²) in [4.78, 5) is 30.5. The fourth-order valence-electron chi connectivity index (χ4n) is 3.31. The number of methoxy groups -OCH3 is 2. The van der Waals surface area contributed by atoms with Gasteiger partial charge in [0.25, 0.3) is 5.56 Å². The van der Waals surface area contributed by atoms with E-state index in [-0.39, 0.29) is 27.8 Å². The molecule has 4 rings (SSSR count). The predicted octanol–water partition coefficient (Wildman–Crippen LogP) is 4.66. The third kappa shape index (κ3) is 4.45. The molecule has 0 bridgehead atoms. The number of carbonyl (C=O) groups excluding carboxylic acids is 1. The van der Waals surface area contributed by atoms with Crippen LogP contribution in [0, 0.1) is 11.6 Å². The SMILES string of the molecule is COc1ccc(C(=O)CSc2nc3ccccc3c(=O)n2-c2ccc(F)cc2F)cc1OC. The van der Waals surface area contributed by atoms with Crippen LogP contribution in [0.4, 0.5) is 8.78 Å². The first-order valence-corrected chi connectivity index (χ1v) is 10.8. The summed E-state index contributed by atoms with van der Waals surface area (Å²) >= 11 is 0.980. The van der Waals surface area contributed by atoms with E-state index in [9.17, 15) is 18.4 Å². The molecule has 3 aromatic carbocycles. The van der Waals surface area contributed by atoms with Crippen molar-refractivity contribution in [1.29, 1.82) is 0 Å². The van der Waals surface area contributed by atoms with Crippen LogP contribution in [-0.2, 0) is 0 Å². The maximum absolute atomic E-state index is 14.6. The van der Waals surface area contributed by atoms with Crippen molar-refractivity contribution in [3.63, 3.8) is 0 Å². The zero-order valence-electron chi connectivity index (χ0n) is 17.7. The summed E-state index contributed by atoms with van der Waals surface area (Å²) in [6, 6.07) is 14.3. The topological polar surface area (TPSA) is 70.4 Å². The average Bonchev–Trinajstić information content (AvgIpc) is 2.83. The van der Waals surface area contributed by atoms with E-state index in [1.165, 1.54) is 20.3 Å². The third-order valence-electron chi connectivity index (χ3n) is 4.93. The molecule has 168 valence electrons. The number of fused-ring (bicyclic) bond motifs is 1. The number of ketones is 1. The summed E-state index contributed by atoms with van der Waals surface area (Å²) < 4.78 is 39.5. The lowest BCUT2D eigenvalue weighted by molar-refractivity contribution is 0.102. The number of hydrogen-bond acceptors (Lipinski definition) is 6. The van der Waals surface area contributed by atoms with Crippen LogP contribution in [0.25, 0.3) is 16.6 Å². The van der Waals surface area contributed by atoms with Gasteiger partial charge in [-0.25, -0.2) is 13.8 Å². The number of halogens is 2. The summed E-state index contributed by atoms with van der Waals surface area (Å²) in [5.74, 6) is -1.13. The van der Waals surface area contributed by atoms with Crippen LogP contribution in [0.5, 0.6) is 11.5 Å². The molecule has 0 aliphatic carbocycles. The van der Waals surface area contributed by atoms with E-state index in [4.69, 9.17) is 9.47 Å². The average molecular weight is 468 g/mol. The van der Waals surface area contributed by atoms with Gasteiger partial charge in [-0.3, -0.25) is 14.2 Å². The Morgan fingerprint density at radius 3 is 2.48 bits per heavy atom. The normalized spacial score (nSPS) is 10.9. The van der Waals surface area contributed by atoms with E-state index in [2.05, 4.69) is 4.98 Å². The molecule has 0 aliphatic rings. The van der Waals surface area contributed by atoms with E-state index in [1.807, 2.05) is 0 Å². The number of thioether (sulfide) groups is 1. The third-order valence-corrected chi connectivity index (χ3v) is 5.87. The molecule has 1 aromatic heterocycles. The van der Waals surface area contributed by atoms with Crippen LogP contribution in [0.3, 0.4) is 0 Å². The quantitative estimate of drug-likeness (QED) is 0.223. The van der Waals surface area contributed by atoms with Crippen LogP contribution in [0.1, 0.15) is 10.4 Å². The molecule has 0 N–H and O–H groups in total. The Morgan fingerprint density at radius 2 is 1.76 bits per heavy atom. The van der Waals surface area contributed by atoms with Crippen molar-refractivity contribution in [1.82, 2.24) is 9.55 Å². The van der Waals surface area contributed by atoms with Gasteiger partial charge < -0.3 is 9.47 Å². The number of carbonyl (C=O) groups is 1. The van der Waals surface area contributed by atoms with Crippen molar-refractivity contribution in [2.75, 3.05) is 20.0 Å². The highest BCUT2D eigenvalue weighted by Gasteiger charge is 2.19. The Kier molecular flexibility index (Phi) is 6.41. The van der Waals surface area contributed by atoms with E-state index in [0.29, 0.717) is 28.6 Å². The highest BCUT2D eigenvalue weighted by atomic mass is 32.2. The molecule has 0 aliphatic heterocycles. The van der Waals surface area contributed by atoms with Crippen molar-refractivity contribution in [3.8, 4) is 17.2 Å². The number of rotatable bonds is 7. The molecule has 0 unspecified atom stereocenters. The lowest BCUT2D eigenvalue weighted by Gasteiger charge is -2.14. The molecule has 0 atom stereocenters. The monoisotopic (exact) mass is 468 g/mol.